The van der Waals surface area contributed by atoms with Gasteiger partial charge in [0.15, 0.2) is 6.29 Å². The zero-order valence-electron chi connectivity index (χ0n) is 9.38. The van der Waals surface area contributed by atoms with Crippen LogP contribution in [-0.4, -0.2) is 15.7 Å². The highest BCUT2D eigenvalue weighted by Gasteiger charge is 2.09. The third-order valence-corrected chi connectivity index (χ3v) is 3.06. The molecule has 0 fully saturated rings. The van der Waals surface area contributed by atoms with Crippen molar-refractivity contribution in [1.82, 2.24) is 9.38 Å². The Morgan fingerprint density at radius 2 is 2.00 bits per heavy atom. The second-order valence-corrected chi connectivity index (χ2v) is 4.36. The van der Waals surface area contributed by atoms with Crippen LogP contribution in [-0.2, 0) is 0 Å². The number of carbonyl (C=O) groups excluding carboxylic acids is 1. The fraction of sp³-hybridized carbons (Fsp3) is 0. The molecule has 2 heterocycles. The van der Waals surface area contributed by atoms with Gasteiger partial charge < -0.3 is 0 Å². The molecule has 0 saturated carbocycles. The average Bonchev–Trinajstić information content (AvgIpc) is 2.81. The number of halogens is 1. The smallest absolute Gasteiger partial charge is 0.150 e. The van der Waals surface area contributed by atoms with E-state index in [2.05, 4.69) is 4.98 Å². The van der Waals surface area contributed by atoms with Gasteiger partial charge in [0.2, 0.25) is 0 Å². The molecule has 4 heteroatoms. The maximum absolute atomic E-state index is 11.1. The minimum Gasteiger partial charge on any atom is -0.298 e. The Kier molecular flexibility index (Phi) is 2.61. The molecule has 88 valence electrons. The number of rotatable bonds is 2. The van der Waals surface area contributed by atoms with E-state index < -0.39 is 0 Å². The predicted molar refractivity (Wildman–Crippen MR) is 71.0 cm³/mol. The Morgan fingerprint density at radius 3 is 2.83 bits per heavy atom. The van der Waals surface area contributed by atoms with E-state index in [1.807, 2.05) is 28.7 Å². The Labute approximate surface area is 109 Å². The number of fused-ring (bicyclic) bond motifs is 1. The maximum Gasteiger partial charge on any atom is 0.150 e. The van der Waals surface area contributed by atoms with Crippen molar-refractivity contribution in [1.29, 1.82) is 0 Å². The van der Waals surface area contributed by atoms with Crippen LogP contribution in [0, 0.1) is 0 Å². The number of aldehydes is 1. The van der Waals surface area contributed by atoms with Crippen LogP contribution in [0.5, 0.6) is 0 Å². The largest absolute Gasteiger partial charge is 0.298 e. The van der Waals surface area contributed by atoms with Gasteiger partial charge in [-0.15, -0.1) is 0 Å². The van der Waals surface area contributed by atoms with E-state index in [0.717, 1.165) is 23.2 Å². The summed E-state index contributed by atoms with van der Waals surface area (Å²) in [6.07, 6.45) is 4.38. The number of hydrogen-bond donors (Lipinski definition) is 0. The van der Waals surface area contributed by atoms with Crippen LogP contribution < -0.4 is 0 Å². The topological polar surface area (TPSA) is 34.4 Å². The fourth-order valence-corrected chi connectivity index (χ4v) is 2.15. The highest BCUT2D eigenvalue weighted by molar-refractivity contribution is 6.30. The summed E-state index contributed by atoms with van der Waals surface area (Å²) in [5, 5.41) is 0.630. The van der Waals surface area contributed by atoms with Crippen LogP contribution >= 0.6 is 11.6 Å². The summed E-state index contributed by atoms with van der Waals surface area (Å²) in [7, 11) is 0. The molecule has 3 rings (SSSR count). The molecule has 18 heavy (non-hydrogen) atoms. The van der Waals surface area contributed by atoms with Crippen LogP contribution in [0.3, 0.4) is 0 Å². The molecule has 0 atom stereocenters. The molecule has 0 aliphatic carbocycles. The molecule has 2 aromatic heterocycles. The van der Waals surface area contributed by atoms with Crippen molar-refractivity contribution in [2.45, 2.75) is 0 Å². The molecule has 0 aliphatic rings. The molecule has 0 saturated heterocycles. The van der Waals surface area contributed by atoms with Crippen molar-refractivity contribution in [3.8, 4) is 11.3 Å². The first-order valence-electron chi connectivity index (χ1n) is 5.47. The minimum atomic E-state index is 0.630. The van der Waals surface area contributed by atoms with Crippen LogP contribution in [0.15, 0.2) is 48.8 Å². The van der Waals surface area contributed by atoms with Gasteiger partial charge in [0.25, 0.3) is 0 Å². The first kappa shape index (κ1) is 11.0. The molecule has 0 spiro atoms. The fourth-order valence-electron chi connectivity index (χ4n) is 1.99. The number of aromatic nitrogens is 2. The van der Waals surface area contributed by atoms with Crippen molar-refractivity contribution in [2.75, 3.05) is 0 Å². The summed E-state index contributed by atoms with van der Waals surface area (Å²) in [5.41, 5.74) is 3.15. The lowest BCUT2D eigenvalue weighted by Gasteiger charge is -2.04. The third-order valence-electron chi connectivity index (χ3n) is 2.83. The summed E-state index contributed by atoms with van der Waals surface area (Å²) in [4.78, 5) is 15.4. The SMILES string of the molecule is O=Cc1ccccc1-c1cnc2ccc(Cl)cn12. The number of carbonyl (C=O) groups is 1. The van der Waals surface area contributed by atoms with E-state index in [0.29, 0.717) is 10.6 Å². The number of benzene rings is 1. The molecule has 0 radical (unpaired) electrons. The molecular formula is C14H9ClN2O. The lowest BCUT2D eigenvalue weighted by Crippen LogP contribution is -1.91. The third kappa shape index (κ3) is 1.69. The quantitative estimate of drug-likeness (QED) is 0.658. The highest BCUT2D eigenvalue weighted by atomic mass is 35.5. The minimum absolute atomic E-state index is 0.630. The van der Waals surface area contributed by atoms with Crippen molar-refractivity contribution in [3.63, 3.8) is 0 Å². The monoisotopic (exact) mass is 256 g/mol. The average molecular weight is 257 g/mol. The van der Waals surface area contributed by atoms with Crippen LogP contribution in [0.25, 0.3) is 16.9 Å². The van der Waals surface area contributed by atoms with Gasteiger partial charge in [-0.05, 0) is 12.1 Å². The van der Waals surface area contributed by atoms with Gasteiger partial charge in [0.05, 0.1) is 16.9 Å². The van der Waals surface area contributed by atoms with E-state index in [4.69, 9.17) is 11.6 Å². The van der Waals surface area contributed by atoms with Gasteiger partial charge in [0.1, 0.15) is 5.65 Å². The lowest BCUT2D eigenvalue weighted by molar-refractivity contribution is 0.112. The Morgan fingerprint density at radius 1 is 1.17 bits per heavy atom. The van der Waals surface area contributed by atoms with Crippen molar-refractivity contribution < 1.29 is 4.79 Å². The van der Waals surface area contributed by atoms with Crippen molar-refractivity contribution in [2.24, 2.45) is 0 Å². The summed E-state index contributed by atoms with van der Waals surface area (Å²) in [6, 6.07) is 11.0. The summed E-state index contributed by atoms with van der Waals surface area (Å²) in [6.45, 7) is 0. The molecule has 3 aromatic rings. The van der Waals surface area contributed by atoms with Gasteiger partial charge in [-0.1, -0.05) is 35.9 Å². The van der Waals surface area contributed by atoms with Gasteiger partial charge in [-0.25, -0.2) is 4.98 Å². The molecular weight excluding hydrogens is 248 g/mol. The van der Waals surface area contributed by atoms with E-state index in [1.54, 1.807) is 24.5 Å². The molecule has 3 nitrogen and oxygen atoms in total. The molecule has 1 aromatic carbocycles. The van der Waals surface area contributed by atoms with Gasteiger partial charge in [-0.3, -0.25) is 9.20 Å². The van der Waals surface area contributed by atoms with E-state index in [-0.39, 0.29) is 0 Å². The number of nitrogens with zero attached hydrogens (tertiary/aromatic N) is 2. The number of imidazole rings is 1. The van der Waals surface area contributed by atoms with Crippen LogP contribution in [0.2, 0.25) is 5.02 Å². The zero-order valence-corrected chi connectivity index (χ0v) is 10.1. The summed E-state index contributed by atoms with van der Waals surface area (Å²) < 4.78 is 1.88. The van der Waals surface area contributed by atoms with Gasteiger partial charge >= 0.3 is 0 Å². The van der Waals surface area contributed by atoms with Gasteiger partial charge in [0, 0.05) is 17.3 Å². The van der Waals surface area contributed by atoms with E-state index in [9.17, 15) is 4.79 Å². The number of pyridine rings is 1. The lowest BCUT2D eigenvalue weighted by atomic mass is 10.1. The van der Waals surface area contributed by atoms with Crippen molar-refractivity contribution in [3.05, 3.63) is 59.4 Å². The number of hydrogen-bond acceptors (Lipinski definition) is 2. The maximum atomic E-state index is 11.1. The van der Waals surface area contributed by atoms with Crippen molar-refractivity contribution >= 4 is 23.5 Å². The molecule has 0 bridgehead atoms. The van der Waals surface area contributed by atoms with Gasteiger partial charge in [-0.2, -0.15) is 0 Å². The Bertz CT molecular complexity index is 733. The first-order chi connectivity index (χ1) is 8.79. The predicted octanol–water partition coefficient (Wildman–Crippen LogP) is 3.47. The second kappa shape index (κ2) is 4.27. The molecule has 0 N–H and O–H groups in total. The van der Waals surface area contributed by atoms with Crippen LogP contribution in [0.4, 0.5) is 0 Å². The van der Waals surface area contributed by atoms with Crippen LogP contribution in [0.1, 0.15) is 10.4 Å². The summed E-state index contributed by atoms with van der Waals surface area (Å²) in [5.74, 6) is 0. The van der Waals surface area contributed by atoms with E-state index >= 15 is 0 Å². The molecule has 0 aliphatic heterocycles. The second-order valence-electron chi connectivity index (χ2n) is 3.92. The highest BCUT2D eigenvalue weighted by Crippen LogP contribution is 2.24. The standard InChI is InChI=1S/C14H9ClN2O/c15-11-5-6-14-16-7-13(17(14)8-11)12-4-2-1-3-10(12)9-18/h1-9H. The summed E-state index contributed by atoms with van der Waals surface area (Å²) >= 11 is 5.99. The molecule has 0 unspecified atom stereocenters. The zero-order chi connectivity index (χ0) is 12.5. The molecule has 0 amide bonds. The Balaban J connectivity index is 2.31. The normalized spacial score (nSPS) is 10.7. The van der Waals surface area contributed by atoms with E-state index in [1.165, 1.54) is 0 Å². The Hall–Kier alpha value is -2.13. The first-order valence-corrected chi connectivity index (χ1v) is 5.84.